The van der Waals surface area contributed by atoms with Crippen LogP contribution >= 0.6 is 11.8 Å². The first-order valence-electron chi connectivity index (χ1n) is 5.81. The van der Waals surface area contributed by atoms with E-state index in [0.717, 1.165) is 18.3 Å². The molecule has 0 spiro atoms. The van der Waals surface area contributed by atoms with E-state index in [-0.39, 0.29) is 5.75 Å². The van der Waals surface area contributed by atoms with Crippen LogP contribution in [0.25, 0.3) is 0 Å². The summed E-state index contributed by atoms with van der Waals surface area (Å²) in [5.41, 5.74) is 4.83. The molecule has 0 bridgehead atoms. The molecule has 11 heteroatoms. The Labute approximate surface area is 119 Å². The normalized spacial score (nSPS) is 10.4. The molecule has 0 fully saturated rings. The summed E-state index contributed by atoms with van der Waals surface area (Å²) in [7, 11) is 1.63. The Balaban J connectivity index is 2.31. The van der Waals surface area contributed by atoms with Gasteiger partial charge in [0.25, 0.3) is 0 Å². The molecule has 4 N–H and O–H groups in total. The van der Waals surface area contributed by atoms with Gasteiger partial charge in [-0.1, -0.05) is 11.8 Å². The number of aromatic nitrogens is 4. The second-order valence-electron chi connectivity index (χ2n) is 3.63. The molecule has 1 heterocycles. The fraction of sp³-hybridized carbons (Fsp3) is 0.667. The maximum absolute atomic E-state index is 11.3. The van der Waals surface area contributed by atoms with E-state index in [1.54, 1.807) is 11.8 Å². The summed E-state index contributed by atoms with van der Waals surface area (Å²) < 4.78 is 6.47. The van der Waals surface area contributed by atoms with Crippen LogP contribution in [0.4, 0.5) is 4.79 Å². The second kappa shape index (κ2) is 9.23. The highest BCUT2D eigenvalue weighted by molar-refractivity contribution is 7.99. The SMILES string of the molecule is COCCNCCn1nnnc1SCC(=O)NC(N)=O. The first kappa shape index (κ1) is 16.3. The van der Waals surface area contributed by atoms with Crippen LogP contribution in [0, 0.1) is 0 Å². The van der Waals surface area contributed by atoms with Crippen molar-refractivity contribution in [1.82, 2.24) is 30.8 Å². The number of carbonyl (C=O) groups is 2. The van der Waals surface area contributed by atoms with E-state index in [4.69, 9.17) is 10.5 Å². The Kier molecular flexibility index (Phi) is 7.54. The number of primary amides is 1. The van der Waals surface area contributed by atoms with Gasteiger partial charge in [0.05, 0.1) is 18.9 Å². The van der Waals surface area contributed by atoms with Crippen molar-refractivity contribution in [3.63, 3.8) is 0 Å². The first-order chi connectivity index (χ1) is 9.63. The molecular weight excluding hydrogens is 286 g/mol. The fourth-order valence-electron chi connectivity index (χ4n) is 1.23. The number of nitrogens with zero attached hydrogens (tertiary/aromatic N) is 4. The zero-order valence-electron chi connectivity index (χ0n) is 11.0. The molecule has 10 nitrogen and oxygen atoms in total. The molecule has 0 aliphatic heterocycles. The number of hydrogen-bond acceptors (Lipinski definition) is 8. The minimum absolute atomic E-state index is 0.0143. The van der Waals surface area contributed by atoms with Crippen molar-refractivity contribution in [2.45, 2.75) is 11.7 Å². The van der Waals surface area contributed by atoms with Crippen LogP contribution in [-0.4, -0.2) is 64.7 Å². The minimum atomic E-state index is -0.877. The molecule has 20 heavy (non-hydrogen) atoms. The molecule has 0 saturated heterocycles. The van der Waals surface area contributed by atoms with Crippen molar-refractivity contribution in [3.05, 3.63) is 0 Å². The number of ether oxygens (including phenoxy) is 1. The summed E-state index contributed by atoms with van der Waals surface area (Å²) in [6.07, 6.45) is 0. The number of methoxy groups -OCH3 is 1. The molecule has 0 unspecified atom stereocenters. The van der Waals surface area contributed by atoms with E-state index < -0.39 is 11.9 Å². The van der Waals surface area contributed by atoms with E-state index in [1.165, 1.54) is 0 Å². The summed E-state index contributed by atoms with van der Waals surface area (Å²) in [5, 5.41) is 16.8. The summed E-state index contributed by atoms with van der Waals surface area (Å²) in [6.45, 7) is 2.61. The number of hydrogen-bond donors (Lipinski definition) is 3. The average Bonchev–Trinajstić information content (AvgIpc) is 2.83. The maximum Gasteiger partial charge on any atom is 0.318 e. The van der Waals surface area contributed by atoms with E-state index in [2.05, 4.69) is 20.8 Å². The lowest BCUT2D eigenvalue weighted by Crippen LogP contribution is -2.36. The largest absolute Gasteiger partial charge is 0.383 e. The predicted molar refractivity (Wildman–Crippen MR) is 71.0 cm³/mol. The van der Waals surface area contributed by atoms with Gasteiger partial charge < -0.3 is 15.8 Å². The highest BCUT2D eigenvalue weighted by Gasteiger charge is 2.10. The Morgan fingerprint density at radius 2 is 2.25 bits per heavy atom. The maximum atomic E-state index is 11.3. The quantitative estimate of drug-likeness (QED) is 0.359. The number of nitrogens with two attached hydrogens (primary N) is 1. The highest BCUT2D eigenvalue weighted by Crippen LogP contribution is 2.12. The van der Waals surface area contributed by atoms with Crippen molar-refractivity contribution in [2.75, 3.05) is 32.6 Å². The number of urea groups is 1. The number of nitrogens with one attached hydrogen (secondary N) is 2. The Hall–Kier alpha value is -1.72. The van der Waals surface area contributed by atoms with Gasteiger partial charge in [0.15, 0.2) is 0 Å². The molecule has 3 amide bonds. The fourth-order valence-corrected chi connectivity index (χ4v) is 1.93. The Morgan fingerprint density at radius 3 is 2.95 bits per heavy atom. The van der Waals surface area contributed by atoms with E-state index in [9.17, 15) is 9.59 Å². The third-order valence-corrected chi connectivity index (χ3v) is 3.03. The first-order valence-corrected chi connectivity index (χ1v) is 6.80. The summed E-state index contributed by atoms with van der Waals surface area (Å²) >= 11 is 1.13. The number of carbonyl (C=O) groups excluding carboxylic acids is 2. The van der Waals surface area contributed by atoms with E-state index in [0.29, 0.717) is 24.9 Å². The summed E-state index contributed by atoms with van der Waals surface area (Å²) in [4.78, 5) is 21.7. The van der Waals surface area contributed by atoms with Crippen LogP contribution in [-0.2, 0) is 16.1 Å². The van der Waals surface area contributed by atoms with Crippen LogP contribution in [0.5, 0.6) is 0 Å². The molecule has 0 aliphatic carbocycles. The van der Waals surface area contributed by atoms with Crippen LogP contribution < -0.4 is 16.4 Å². The van der Waals surface area contributed by atoms with Gasteiger partial charge in [0.2, 0.25) is 11.1 Å². The van der Waals surface area contributed by atoms with Crippen LogP contribution in [0.1, 0.15) is 0 Å². The van der Waals surface area contributed by atoms with Crippen molar-refractivity contribution in [3.8, 4) is 0 Å². The highest BCUT2D eigenvalue weighted by atomic mass is 32.2. The van der Waals surface area contributed by atoms with Gasteiger partial charge in [0, 0.05) is 20.2 Å². The lowest BCUT2D eigenvalue weighted by atomic mass is 10.6. The molecular formula is C9H17N7O3S. The van der Waals surface area contributed by atoms with Crippen LogP contribution in [0.2, 0.25) is 0 Å². The molecule has 1 rings (SSSR count). The van der Waals surface area contributed by atoms with Crippen LogP contribution in [0.15, 0.2) is 5.16 Å². The average molecular weight is 303 g/mol. The van der Waals surface area contributed by atoms with Crippen molar-refractivity contribution < 1.29 is 14.3 Å². The van der Waals surface area contributed by atoms with Gasteiger partial charge in [-0.3, -0.25) is 10.1 Å². The molecule has 0 saturated carbocycles. The van der Waals surface area contributed by atoms with Gasteiger partial charge in [-0.05, 0) is 10.4 Å². The Bertz CT molecular complexity index is 439. The zero-order chi connectivity index (χ0) is 14.8. The molecule has 0 aliphatic rings. The molecule has 0 radical (unpaired) electrons. The lowest BCUT2D eigenvalue weighted by Gasteiger charge is -2.05. The van der Waals surface area contributed by atoms with Crippen molar-refractivity contribution in [1.29, 1.82) is 0 Å². The van der Waals surface area contributed by atoms with Gasteiger partial charge >= 0.3 is 6.03 Å². The monoisotopic (exact) mass is 303 g/mol. The second-order valence-corrected chi connectivity index (χ2v) is 4.57. The predicted octanol–water partition coefficient (Wildman–Crippen LogP) is -1.80. The standard InChI is InChI=1S/C9H17N7O3S/c1-19-5-3-11-2-4-16-9(13-14-15-16)20-6-7(17)12-8(10)18/h11H,2-6H2,1H3,(H3,10,12,17,18). The third-order valence-electron chi connectivity index (χ3n) is 2.08. The lowest BCUT2D eigenvalue weighted by molar-refractivity contribution is -0.117. The number of imide groups is 1. The number of rotatable bonds is 9. The smallest absolute Gasteiger partial charge is 0.318 e. The molecule has 1 aromatic rings. The summed E-state index contributed by atoms with van der Waals surface area (Å²) in [6, 6.07) is -0.877. The number of tetrazole rings is 1. The van der Waals surface area contributed by atoms with Crippen molar-refractivity contribution in [2.24, 2.45) is 5.73 Å². The van der Waals surface area contributed by atoms with Crippen LogP contribution in [0.3, 0.4) is 0 Å². The topological polar surface area (TPSA) is 137 Å². The van der Waals surface area contributed by atoms with Gasteiger partial charge in [0.1, 0.15) is 0 Å². The molecule has 1 aromatic heterocycles. The Morgan fingerprint density at radius 1 is 1.45 bits per heavy atom. The number of amides is 3. The van der Waals surface area contributed by atoms with Gasteiger partial charge in [-0.2, -0.15) is 0 Å². The van der Waals surface area contributed by atoms with E-state index >= 15 is 0 Å². The summed E-state index contributed by atoms with van der Waals surface area (Å²) in [5.74, 6) is -0.476. The number of thioether (sulfide) groups is 1. The molecule has 112 valence electrons. The van der Waals surface area contributed by atoms with E-state index in [1.807, 2.05) is 5.32 Å². The zero-order valence-corrected chi connectivity index (χ0v) is 11.9. The van der Waals surface area contributed by atoms with Gasteiger partial charge in [-0.15, -0.1) is 5.10 Å². The molecule has 0 atom stereocenters. The van der Waals surface area contributed by atoms with Crippen molar-refractivity contribution >= 4 is 23.7 Å². The minimum Gasteiger partial charge on any atom is -0.383 e. The van der Waals surface area contributed by atoms with Gasteiger partial charge in [-0.25, -0.2) is 9.48 Å². The third kappa shape index (κ3) is 6.45. The molecule has 0 aromatic carbocycles.